The molecular weight excluding hydrogens is 742 g/mol. The van der Waals surface area contributed by atoms with Crippen molar-refractivity contribution in [2.24, 2.45) is 17.8 Å². The predicted molar refractivity (Wildman–Crippen MR) is 199 cm³/mol. The van der Waals surface area contributed by atoms with E-state index in [0.717, 1.165) is 6.42 Å². The van der Waals surface area contributed by atoms with E-state index in [1.807, 2.05) is 19.1 Å². The van der Waals surface area contributed by atoms with E-state index in [4.69, 9.17) is 25.8 Å². The van der Waals surface area contributed by atoms with Gasteiger partial charge in [-0.3, -0.25) is 19.1 Å². The van der Waals surface area contributed by atoms with Crippen LogP contribution >= 0.6 is 11.6 Å². The molecule has 17 heteroatoms. The molecule has 2 aromatic rings. The van der Waals surface area contributed by atoms with Gasteiger partial charge in [-0.2, -0.15) is 4.98 Å². The van der Waals surface area contributed by atoms with E-state index in [0.29, 0.717) is 48.1 Å². The molecule has 3 fully saturated rings. The Bertz CT molecular complexity index is 1940. The van der Waals surface area contributed by atoms with Crippen LogP contribution in [-0.2, 0) is 29.1 Å². The maximum atomic E-state index is 14.5. The molecule has 0 unspecified atom stereocenters. The molecule has 2 aliphatic carbocycles. The average molecular weight is 790 g/mol. The van der Waals surface area contributed by atoms with Crippen LogP contribution in [0.1, 0.15) is 65.7 Å². The van der Waals surface area contributed by atoms with Gasteiger partial charge in [-0.15, -0.1) is 0 Å². The molecule has 1 aromatic heterocycles. The van der Waals surface area contributed by atoms with Crippen LogP contribution < -0.4 is 24.8 Å². The van der Waals surface area contributed by atoms with Crippen molar-refractivity contribution in [3.63, 3.8) is 0 Å². The fraction of sp³-hybridized carbons (Fsp3) is 0.595. The molecule has 294 valence electrons. The Morgan fingerprint density at radius 2 is 1.91 bits per heavy atom. The summed E-state index contributed by atoms with van der Waals surface area (Å²) in [5.74, 6) is -2.61. The van der Waals surface area contributed by atoms with Crippen molar-refractivity contribution in [1.29, 1.82) is 0 Å². The van der Waals surface area contributed by atoms with Gasteiger partial charge in [0, 0.05) is 41.3 Å². The van der Waals surface area contributed by atoms with Crippen molar-refractivity contribution in [3.8, 4) is 11.8 Å². The van der Waals surface area contributed by atoms with Gasteiger partial charge in [-0.05, 0) is 69.4 Å². The van der Waals surface area contributed by atoms with Gasteiger partial charge in [-0.25, -0.2) is 13.2 Å². The standard InChI is InChI=1S/C37H48ClN5O10S/c1-21-8-5-6-9-23-19-37(23,34(46)42-54(49,50)36(3)12-13-36)41-31(44)28-17-24(20-43(28)33(45)30(22(2)16-21)40-35(47)48)53-32-25-10-7-11-27(38)26(25)18-29(39-32)52-15-14-51-4/h6-7,9-11,18,21-24,28,30,40H,5,8,12-17,19-20H2,1-4H3,(H,41,44)(H,42,46)(H,47,48)/b9-6-/t21-,22+,23+,24+,28-,30-,37+/m0/s1. The molecule has 15 nitrogen and oxygen atoms in total. The average Bonchev–Trinajstić information content (AvgIpc) is 3.99. The fourth-order valence-corrected chi connectivity index (χ4v) is 9.01. The molecule has 7 atom stereocenters. The topological polar surface area (TPSA) is 203 Å². The number of hydrogen-bond acceptors (Lipinski definition) is 10. The van der Waals surface area contributed by atoms with E-state index >= 15 is 0 Å². The molecular formula is C37H48ClN5O10S. The number of carbonyl (C=O) groups is 4. The third kappa shape index (κ3) is 8.25. The first-order valence-electron chi connectivity index (χ1n) is 18.3. The lowest BCUT2D eigenvalue weighted by Gasteiger charge is -2.32. The minimum Gasteiger partial charge on any atom is -0.475 e. The molecule has 4 aliphatic rings. The lowest BCUT2D eigenvalue weighted by molar-refractivity contribution is -0.142. The molecule has 3 heterocycles. The summed E-state index contributed by atoms with van der Waals surface area (Å²) >= 11 is 6.55. The van der Waals surface area contributed by atoms with Gasteiger partial charge in [0.1, 0.15) is 30.3 Å². The maximum absolute atomic E-state index is 14.5. The normalized spacial score (nSPS) is 30.1. The van der Waals surface area contributed by atoms with Crippen LogP contribution in [0.2, 0.25) is 5.02 Å². The van der Waals surface area contributed by atoms with Gasteiger partial charge in [0.15, 0.2) is 0 Å². The predicted octanol–water partition coefficient (Wildman–Crippen LogP) is 3.78. The second kappa shape index (κ2) is 15.5. The zero-order valence-electron chi connectivity index (χ0n) is 30.8. The molecule has 6 rings (SSSR count). The number of carboxylic acid groups (broad SMARTS) is 1. The number of nitrogens with zero attached hydrogens (tertiary/aromatic N) is 2. The van der Waals surface area contributed by atoms with Crippen LogP contribution in [0.3, 0.4) is 0 Å². The molecule has 0 spiro atoms. The Hall–Kier alpha value is -4.15. The van der Waals surface area contributed by atoms with Crippen molar-refractivity contribution in [2.75, 3.05) is 26.9 Å². The number of nitrogens with one attached hydrogen (secondary N) is 3. The highest BCUT2D eigenvalue weighted by Crippen LogP contribution is 2.47. The van der Waals surface area contributed by atoms with Crippen LogP contribution in [0.4, 0.5) is 4.79 Å². The number of fused-ring (bicyclic) bond motifs is 3. The Balaban J connectivity index is 1.35. The van der Waals surface area contributed by atoms with E-state index in [1.54, 1.807) is 45.2 Å². The minimum absolute atomic E-state index is 0.0464. The van der Waals surface area contributed by atoms with E-state index in [9.17, 15) is 32.7 Å². The molecule has 2 saturated carbocycles. The van der Waals surface area contributed by atoms with Crippen LogP contribution in [0.15, 0.2) is 36.4 Å². The third-order valence-electron chi connectivity index (χ3n) is 11.1. The highest BCUT2D eigenvalue weighted by molar-refractivity contribution is 7.91. The fourth-order valence-electron chi connectivity index (χ4n) is 7.47. The lowest BCUT2D eigenvalue weighted by atomic mass is 9.88. The summed E-state index contributed by atoms with van der Waals surface area (Å²) in [6.07, 6.45) is 4.38. The van der Waals surface area contributed by atoms with Crippen molar-refractivity contribution in [2.45, 2.75) is 94.2 Å². The number of amides is 4. The number of halogens is 1. The number of benzene rings is 1. The van der Waals surface area contributed by atoms with Crippen molar-refractivity contribution < 1.29 is 46.9 Å². The number of carbonyl (C=O) groups excluding carboxylic acids is 3. The Kier molecular flexibility index (Phi) is 11.4. The number of rotatable bonds is 10. The quantitative estimate of drug-likeness (QED) is 0.202. The summed E-state index contributed by atoms with van der Waals surface area (Å²) in [4.78, 5) is 60.6. The largest absolute Gasteiger partial charge is 0.475 e. The maximum Gasteiger partial charge on any atom is 0.405 e. The van der Waals surface area contributed by atoms with Crippen molar-refractivity contribution in [1.82, 2.24) is 25.2 Å². The second-order valence-corrected chi connectivity index (χ2v) is 17.9. The van der Waals surface area contributed by atoms with Gasteiger partial charge in [-0.1, -0.05) is 43.7 Å². The van der Waals surface area contributed by atoms with Crippen LogP contribution in [0, 0.1) is 17.8 Å². The summed E-state index contributed by atoms with van der Waals surface area (Å²) in [5, 5.41) is 16.6. The molecule has 1 saturated heterocycles. The number of ether oxygens (including phenoxy) is 3. The molecule has 0 radical (unpaired) electrons. The summed E-state index contributed by atoms with van der Waals surface area (Å²) in [6.45, 7) is 5.77. The smallest absolute Gasteiger partial charge is 0.405 e. The Morgan fingerprint density at radius 1 is 1.15 bits per heavy atom. The monoisotopic (exact) mass is 789 g/mol. The van der Waals surface area contributed by atoms with Crippen molar-refractivity contribution >= 4 is 56.2 Å². The summed E-state index contributed by atoms with van der Waals surface area (Å²) in [5.41, 5.74) is -1.57. The summed E-state index contributed by atoms with van der Waals surface area (Å²) in [7, 11) is -2.48. The highest BCUT2D eigenvalue weighted by Gasteiger charge is 2.63. The van der Waals surface area contributed by atoms with Gasteiger partial charge >= 0.3 is 6.09 Å². The van der Waals surface area contributed by atoms with E-state index in [-0.39, 0.29) is 43.7 Å². The first-order chi connectivity index (χ1) is 25.6. The summed E-state index contributed by atoms with van der Waals surface area (Å²) < 4.78 is 44.8. The van der Waals surface area contributed by atoms with Gasteiger partial charge in [0.05, 0.1) is 17.9 Å². The van der Waals surface area contributed by atoms with Crippen LogP contribution in [0.5, 0.6) is 11.8 Å². The number of methoxy groups -OCH3 is 1. The van der Waals surface area contributed by atoms with E-state index in [2.05, 4.69) is 20.3 Å². The second-order valence-electron chi connectivity index (χ2n) is 15.3. The third-order valence-corrected chi connectivity index (χ3v) is 13.6. The van der Waals surface area contributed by atoms with Gasteiger partial charge < -0.3 is 34.9 Å². The van der Waals surface area contributed by atoms with Gasteiger partial charge in [0.25, 0.3) is 5.91 Å². The number of pyridine rings is 1. The molecule has 4 N–H and O–H groups in total. The number of hydrogen-bond donors (Lipinski definition) is 4. The molecule has 54 heavy (non-hydrogen) atoms. The summed E-state index contributed by atoms with van der Waals surface area (Å²) in [6, 6.07) is 4.49. The van der Waals surface area contributed by atoms with E-state index in [1.165, 1.54) is 4.90 Å². The number of allylic oxidation sites excluding steroid dienone is 1. The highest BCUT2D eigenvalue weighted by atomic mass is 35.5. The Labute approximate surface area is 319 Å². The van der Waals surface area contributed by atoms with Crippen LogP contribution in [-0.4, -0.2) is 103 Å². The molecule has 0 bridgehead atoms. The Morgan fingerprint density at radius 3 is 2.61 bits per heavy atom. The number of aromatic nitrogens is 1. The zero-order chi connectivity index (χ0) is 39.0. The minimum atomic E-state index is -4.02. The van der Waals surface area contributed by atoms with Crippen LogP contribution in [0.25, 0.3) is 10.8 Å². The molecule has 4 amide bonds. The first-order valence-corrected chi connectivity index (χ1v) is 20.2. The molecule has 2 aliphatic heterocycles. The SMILES string of the molecule is COCCOc1cc2c(Cl)cccc2c(O[C@@H]2C[C@H]3C(=O)N[C@]4(C(=O)NS(=O)(=O)C5(C)CC5)C[C@H]4/C=C\CC[C@H](C)C[C@@H](C)[C@H](NC(=O)O)C(=O)N3C2)n1. The molecule has 1 aromatic carbocycles. The van der Waals surface area contributed by atoms with E-state index < -0.39 is 74.1 Å². The van der Waals surface area contributed by atoms with Gasteiger partial charge in [0.2, 0.25) is 33.6 Å². The lowest BCUT2D eigenvalue weighted by Crippen LogP contribution is -2.59. The zero-order valence-corrected chi connectivity index (χ0v) is 32.4. The first kappa shape index (κ1) is 39.5. The number of sulfonamides is 1. The van der Waals surface area contributed by atoms with Crippen molar-refractivity contribution in [3.05, 3.63) is 41.4 Å².